The predicted octanol–water partition coefficient (Wildman–Crippen LogP) is 3.54. The Morgan fingerprint density at radius 1 is 1.00 bits per heavy atom. The highest BCUT2D eigenvalue weighted by Crippen LogP contribution is 2.69. The van der Waals surface area contributed by atoms with E-state index in [0.717, 1.165) is 5.32 Å². The predicted molar refractivity (Wildman–Crippen MR) is 54.0 cm³/mol. The third kappa shape index (κ3) is 1.92. The van der Waals surface area contributed by atoms with Gasteiger partial charge in [-0.3, -0.25) is 4.79 Å². The molecule has 24 heavy (non-hydrogen) atoms. The van der Waals surface area contributed by atoms with Crippen molar-refractivity contribution in [1.29, 1.82) is 0 Å². The smallest absolute Gasteiger partial charge is 0.348 e. The maximum Gasteiger partial charge on any atom is 0.471 e. The molecule has 0 aromatic carbocycles. The van der Waals surface area contributed by atoms with Crippen LogP contribution in [0.2, 0.25) is 0 Å². The zero-order valence-electron chi connectivity index (χ0n) is 11.1. The Morgan fingerprint density at radius 3 is 1.96 bits per heavy atom. The van der Waals surface area contributed by atoms with E-state index in [9.17, 15) is 53.1 Å². The van der Waals surface area contributed by atoms with Gasteiger partial charge in [-0.25, -0.2) is 17.6 Å². The molecule has 0 saturated heterocycles. The highest BCUT2D eigenvalue weighted by molar-refractivity contribution is 5.81. The Bertz CT molecular complexity index is 612. The zero-order chi connectivity index (χ0) is 18.9. The van der Waals surface area contributed by atoms with Crippen LogP contribution >= 0.6 is 0 Å². The second-order valence-electron chi connectivity index (χ2n) is 5.40. The van der Waals surface area contributed by atoms with Gasteiger partial charge in [0.2, 0.25) is 11.3 Å². The Morgan fingerprint density at radius 2 is 1.50 bits per heavy atom. The summed E-state index contributed by atoms with van der Waals surface area (Å²) in [5, 5.41) is 0.860. The molecule has 0 heterocycles. The van der Waals surface area contributed by atoms with Gasteiger partial charge >= 0.3 is 23.9 Å². The number of nitrogens with one attached hydrogen (secondary N) is 1. The quantitative estimate of drug-likeness (QED) is 0.733. The zero-order valence-corrected chi connectivity index (χ0v) is 11.1. The monoisotopic (exact) mass is 377 g/mol. The van der Waals surface area contributed by atoms with Crippen molar-refractivity contribution in [3.63, 3.8) is 0 Å². The molecular formula is C11H6F11NO. The van der Waals surface area contributed by atoms with Crippen LogP contribution in [0.15, 0.2) is 11.7 Å². The van der Waals surface area contributed by atoms with Crippen LogP contribution in [-0.2, 0) is 4.79 Å². The van der Waals surface area contributed by atoms with Crippen LogP contribution in [0.5, 0.6) is 0 Å². The number of carbonyl (C=O) groups is 1. The van der Waals surface area contributed by atoms with Crippen LogP contribution < -0.4 is 5.32 Å². The van der Waals surface area contributed by atoms with Gasteiger partial charge in [-0.2, -0.15) is 30.7 Å². The molecule has 0 spiro atoms. The van der Waals surface area contributed by atoms with Crippen molar-refractivity contribution >= 4 is 5.91 Å². The molecule has 0 aliphatic heterocycles. The number of halogens is 11. The second kappa shape index (κ2) is 4.75. The summed E-state index contributed by atoms with van der Waals surface area (Å²) in [6, 6.07) is 0. The van der Waals surface area contributed by atoms with Crippen molar-refractivity contribution in [3.05, 3.63) is 11.7 Å². The van der Waals surface area contributed by atoms with E-state index in [1.54, 1.807) is 0 Å². The van der Waals surface area contributed by atoms with Gasteiger partial charge in [-0.1, -0.05) is 0 Å². The second-order valence-corrected chi connectivity index (χ2v) is 5.40. The third-order valence-corrected chi connectivity index (χ3v) is 4.07. The van der Waals surface area contributed by atoms with E-state index >= 15 is 0 Å². The summed E-state index contributed by atoms with van der Waals surface area (Å²) in [6.07, 6.45) is -7.64. The standard InChI is InChI=1S/C11H6F11NO/c12-4-5(13)8(15)3(2-23-6(24)9(16,17)18)1-7(4,14)10(19,20)11(8,21)22/h3H,1-2H2,(H,23,24). The Kier molecular flexibility index (Phi) is 3.71. The summed E-state index contributed by atoms with van der Waals surface area (Å²) in [5.74, 6) is -24.0. The number of fused-ring (bicyclic) bond motifs is 2. The third-order valence-electron chi connectivity index (χ3n) is 4.07. The van der Waals surface area contributed by atoms with Gasteiger partial charge in [0, 0.05) is 18.9 Å². The van der Waals surface area contributed by atoms with Crippen molar-refractivity contribution in [2.45, 2.75) is 35.8 Å². The van der Waals surface area contributed by atoms with Gasteiger partial charge in [0.1, 0.15) is 0 Å². The summed E-state index contributed by atoms with van der Waals surface area (Å²) in [7, 11) is 0. The van der Waals surface area contributed by atoms with Crippen molar-refractivity contribution in [2.75, 3.05) is 6.54 Å². The molecule has 0 aromatic rings. The molecule has 3 aliphatic carbocycles. The van der Waals surface area contributed by atoms with E-state index in [-0.39, 0.29) is 0 Å². The van der Waals surface area contributed by atoms with E-state index < -0.39 is 65.8 Å². The van der Waals surface area contributed by atoms with Gasteiger partial charge in [-0.05, 0) is 0 Å². The highest BCUT2D eigenvalue weighted by atomic mass is 19.4. The number of amides is 1. The molecule has 1 fully saturated rings. The van der Waals surface area contributed by atoms with Gasteiger partial charge in [0.15, 0.2) is 11.7 Å². The average molecular weight is 377 g/mol. The minimum atomic E-state index is -6.10. The van der Waals surface area contributed by atoms with Crippen LogP contribution in [0, 0.1) is 5.92 Å². The fourth-order valence-electron chi connectivity index (χ4n) is 2.75. The molecule has 138 valence electrons. The maximum absolute atomic E-state index is 14.3. The van der Waals surface area contributed by atoms with E-state index in [0.29, 0.717) is 0 Å². The summed E-state index contributed by atoms with van der Waals surface area (Å²) in [4.78, 5) is 10.6. The Balaban J connectivity index is 2.45. The molecule has 1 N–H and O–H groups in total. The van der Waals surface area contributed by atoms with Gasteiger partial charge in [0.05, 0.1) is 0 Å². The average Bonchev–Trinajstić information content (AvgIpc) is 2.44. The van der Waals surface area contributed by atoms with Crippen LogP contribution in [-0.4, -0.2) is 41.8 Å². The SMILES string of the molecule is O=C(NCC1CC2(F)C(F)=C(F)C1(F)C(F)(F)C2(F)F)C(F)(F)F. The molecule has 13 heteroatoms. The number of carbonyl (C=O) groups excluding carboxylic acids is 1. The molecule has 3 atom stereocenters. The lowest BCUT2D eigenvalue weighted by Crippen LogP contribution is -2.77. The summed E-state index contributed by atoms with van der Waals surface area (Å²) in [5.41, 5.74) is -10.1. The molecule has 1 saturated carbocycles. The number of hydrogen-bond acceptors (Lipinski definition) is 1. The normalized spacial score (nSPS) is 37.5. The highest BCUT2D eigenvalue weighted by Gasteiger charge is 2.90. The molecule has 1 amide bonds. The molecule has 0 aromatic heterocycles. The van der Waals surface area contributed by atoms with E-state index in [1.165, 1.54) is 0 Å². The summed E-state index contributed by atoms with van der Waals surface area (Å²) < 4.78 is 145. The van der Waals surface area contributed by atoms with Crippen LogP contribution in [0.25, 0.3) is 0 Å². The van der Waals surface area contributed by atoms with Gasteiger partial charge in [-0.15, -0.1) is 0 Å². The van der Waals surface area contributed by atoms with Crippen molar-refractivity contribution in [2.24, 2.45) is 5.92 Å². The number of alkyl halides is 9. The Hall–Kier alpha value is -1.56. The lowest BCUT2D eigenvalue weighted by molar-refractivity contribution is -0.355. The molecular weight excluding hydrogens is 371 g/mol. The first-order valence-electron chi connectivity index (χ1n) is 6.10. The summed E-state index contributed by atoms with van der Waals surface area (Å²) >= 11 is 0. The molecule has 3 rings (SSSR count). The minimum Gasteiger partial charge on any atom is -0.348 e. The van der Waals surface area contributed by atoms with Crippen molar-refractivity contribution in [1.82, 2.24) is 5.32 Å². The topological polar surface area (TPSA) is 29.1 Å². The van der Waals surface area contributed by atoms with Gasteiger partial charge in [0.25, 0.3) is 0 Å². The molecule has 3 unspecified atom stereocenters. The lowest BCUT2D eigenvalue weighted by Gasteiger charge is -2.55. The van der Waals surface area contributed by atoms with E-state index in [2.05, 4.69) is 0 Å². The van der Waals surface area contributed by atoms with Crippen LogP contribution in [0.3, 0.4) is 0 Å². The van der Waals surface area contributed by atoms with E-state index in [1.807, 2.05) is 0 Å². The first-order valence-corrected chi connectivity index (χ1v) is 6.10. The number of rotatable bonds is 2. The molecule has 0 radical (unpaired) electrons. The van der Waals surface area contributed by atoms with Crippen molar-refractivity contribution < 1.29 is 53.1 Å². The first-order chi connectivity index (χ1) is 10.5. The minimum absolute atomic E-state index is 0.860. The van der Waals surface area contributed by atoms with E-state index in [4.69, 9.17) is 0 Å². The lowest BCUT2D eigenvalue weighted by atomic mass is 9.59. The molecule has 3 aliphatic rings. The molecule has 2 bridgehead atoms. The number of allylic oxidation sites excluding steroid dienone is 2. The van der Waals surface area contributed by atoms with Crippen LogP contribution in [0.4, 0.5) is 48.3 Å². The number of hydrogen-bond donors (Lipinski definition) is 1. The molecule has 2 nitrogen and oxygen atoms in total. The fourth-order valence-corrected chi connectivity index (χ4v) is 2.75. The fraction of sp³-hybridized carbons (Fsp3) is 0.727. The first kappa shape index (κ1) is 18.8. The largest absolute Gasteiger partial charge is 0.471 e. The van der Waals surface area contributed by atoms with Crippen molar-refractivity contribution in [3.8, 4) is 0 Å². The van der Waals surface area contributed by atoms with Crippen LogP contribution in [0.1, 0.15) is 6.42 Å². The maximum atomic E-state index is 14.3. The summed E-state index contributed by atoms with van der Waals surface area (Å²) in [6.45, 7) is -1.77. The van der Waals surface area contributed by atoms with Gasteiger partial charge < -0.3 is 5.32 Å². The Labute approximate surface area is 125 Å².